The number of alkyl halides is 1. The van der Waals surface area contributed by atoms with Crippen LogP contribution in [0.15, 0.2) is 30.3 Å². The molecule has 1 aromatic carbocycles. The van der Waals surface area contributed by atoms with Gasteiger partial charge in [0.15, 0.2) is 0 Å². The minimum atomic E-state index is -2.56. The molecule has 0 N–H and O–H groups in total. The van der Waals surface area contributed by atoms with Crippen LogP contribution in [0.2, 0.25) is 0 Å². The second-order valence-electron chi connectivity index (χ2n) is 3.75. The maximum absolute atomic E-state index is 5.95. The average molecular weight is 380 g/mol. The number of hydrogen-bond acceptors (Lipinski definition) is 3. The van der Waals surface area contributed by atoms with Gasteiger partial charge in [-0.25, -0.2) is 0 Å². The second-order valence-corrected chi connectivity index (χ2v) is 7.41. The summed E-state index contributed by atoms with van der Waals surface area (Å²) in [6.45, 7) is 5.90. The zero-order chi connectivity index (χ0) is 13.3. The molecule has 0 heterocycles. The lowest BCUT2D eigenvalue weighted by Gasteiger charge is -2.28. The highest BCUT2D eigenvalue weighted by Gasteiger charge is 2.40. The molecule has 0 amide bonds. The van der Waals surface area contributed by atoms with E-state index in [0.717, 1.165) is 10.5 Å². The molecule has 0 saturated carbocycles. The lowest BCUT2D eigenvalue weighted by molar-refractivity contribution is 0.0717. The zero-order valence-corrected chi connectivity index (χ0v) is 14.2. The Morgan fingerprint density at radius 2 is 1.61 bits per heavy atom. The Morgan fingerprint density at radius 1 is 1.00 bits per heavy atom. The fourth-order valence-electron chi connectivity index (χ4n) is 1.76. The molecule has 18 heavy (non-hydrogen) atoms. The average Bonchev–Trinajstić information content (AvgIpc) is 2.38. The first-order valence-corrected chi connectivity index (χ1v) is 9.74. The first-order valence-electron chi connectivity index (χ1n) is 6.28. The lowest BCUT2D eigenvalue weighted by atomic mass is 10.2. The molecule has 3 nitrogen and oxygen atoms in total. The van der Waals surface area contributed by atoms with Crippen LogP contribution < -0.4 is 0 Å². The standard InChI is InChI=1S/C13H21IO3Si/c1-3-15-18(16-4-2,17-11-10-14)12-13-8-6-5-7-9-13/h5-9H,3-4,10-12H2,1-2H3. The third-order valence-electron chi connectivity index (χ3n) is 2.39. The molecule has 0 saturated heterocycles. The van der Waals surface area contributed by atoms with Crippen molar-refractivity contribution < 1.29 is 13.3 Å². The Labute approximate surface area is 124 Å². The van der Waals surface area contributed by atoms with E-state index in [1.165, 1.54) is 5.56 Å². The first-order chi connectivity index (χ1) is 8.76. The van der Waals surface area contributed by atoms with Gasteiger partial charge in [0.05, 0.1) is 0 Å². The van der Waals surface area contributed by atoms with Crippen molar-refractivity contribution in [1.29, 1.82) is 0 Å². The molecule has 0 bridgehead atoms. The Kier molecular flexibility index (Phi) is 8.08. The minimum Gasteiger partial charge on any atom is -0.374 e. The van der Waals surface area contributed by atoms with Crippen molar-refractivity contribution in [2.45, 2.75) is 19.9 Å². The molecule has 0 aliphatic rings. The van der Waals surface area contributed by atoms with Gasteiger partial charge >= 0.3 is 8.80 Å². The van der Waals surface area contributed by atoms with Gasteiger partial charge in [-0.15, -0.1) is 0 Å². The highest BCUT2D eigenvalue weighted by atomic mass is 127. The van der Waals surface area contributed by atoms with E-state index >= 15 is 0 Å². The van der Waals surface area contributed by atoms with E-state index < -0.39 is 8.80 Å². The Hall–Kier alpha value is 0.0469. The van der Waals surface area contributed by atoms with Crippen LogP contribution in [0, 0.1) is 0 Å². The maximum atomic E-state index is 5.95. The van der Waals surface area contributed by atoms with E-state index in [-0.39, 0.29) is 0 Å². The van der Waals surface area contributed by atoms with Gasteiger partial charge in [0.2, 0.25) is 0 Å². The van der Waals surface area contributed by atoms with Crippen molar-refractivity contribution in [1.82, 2.24) is 0 Å². The Balaban J connectivity index is 2.79. The van der Waals surface area contributed by atoms with Crippen molar-refractivity contribution in [2.24, 2.45) is 0 Å². The van der Waals surface area contributed by atoms with E-state index in [1.54, 1.807) is 0 Å². The highest BCUT2D eigenvalue weighted by molar-refractivity contribution is 14.1. The molecule has 1 aromatic rings. The van der Waals surface area contributed by atoms with Crippen LogP contribution in [0.3, 0.4) is 0 Å². The van der Waals surface area contributed by atoms with Crippen LogP contribution in [0.1, 0.15) is 19.4 Å². The summed E-state index contributed by atoms with van der Waals surface area (Å²) >= 11 is 2.30. The summed E-state index contributed by atoms with van der Waals surface area (Å²) in [5.74, 6) is 0. The molecule has 0 unspecified atom stereocenters. The van der Waals surface area contributed by atoms with Crippen molar-refractivity contribution in [2.75, 3.05) is 24.2 Å². The SMILES string of the molecule is CCO[Si](Cc1ccccc1)(OCC)OCCI. The van der Waals surface area contributed by atoms with Crippen molar-refractivity contribution in [3.05, 3.63) is 35.9 Å². The molecule has 0 fully saturated rings. The summed E-state index contributed by atoms with van der Waals surface area (Å²) in [7, 11) is -2.56. The third kappa shape index (κ3) is 5.36. The zero-order valence-electron chi connectivity index (χ0n) is 11.0. The number of halogens is 1. The van der Waals surface area contributed by atoms with E-state index in [0.29, 0.717) is 19.8 Å². The van der Waals surface area contributed by atoms with Crippen molar-refractivity contribution in [3.8, 4) is 0 Å². The molecule has 1 rings (SSSR count). The van der Waals surface area contributed by atoms with Gasteiger partial charge in [-0.1, -0.05) is 52.9 Å². The van der Waals surface area contributed by atoms with Gasteiger partial charge in [0.1, 0.15) is 0 Å². The fourth-order valence-corrected chi connectivity index (χ4v) is 4.98. The number of benzene rings is 1. The van der Waals surface area contributed by atoms with Crippen molar-refractivity contribution >= 4 is 31.4 Å². The van der Waals surface area contributed by atoms with Crippen molar-refractivity contribution in [3.63, 3.8) is 0 Å². The normalized spacial score (nSPS) is 11.7. The molecule has 0 atom stereocenters. The monoisotopic (exact) mass is 380 g/mol. The molecule has 0 aromatic heterocycles. The van der Waals surface area contributed by atoms with Gasteiger partial charge in [0.25, 0.3) is 0 Å². The highest BCUT2D eigenvalue weighted by Crippen LogP contribution is 2.17. The Morgan fingerprint density at radius 3 is 2.11 bits per heavy atom. The summed E-state index contributed by atoms with van der Waals surface area (Å²) in [6, 6.07) is 11.0. The minimum absolute atomic E-state index is 0.625. The van der Waals surface area contributed by atoms with Crippen LogP contribution in [0.4, 0.5) is 0 Å². The molecule has 0 aliphatic heterocycles. The maximum Gasteiger partial charge on any atom is 0.505 e. The number of hydrogen-bond donors (Lipinski definition) is 0. The molecule has 102 valence electrons. The van der Waals surface area contributed by atoms with Gasteiger partial charge in [-0.3, -0.25) is 0 Å². The molecular formula is C13H21IO3Si. The molecular weight excluding hydrogens is 359 g/mol. The van der Waals surface area contributed by atoms with Crippen LogP contribution >= 0.6 is 22.6 Å². The van der Waals surface area contributed by atoms with E-state index in [9.17, 15) is 0 Å². The Bertz CT molecular complexity index is 315. The van der Waals surface area contributed by atoms with Crippen LogP contribution in [0.5, 0.6) is 0 Å². The van der Waals surface area contributed by atoms with Crippen LogP contribution in [-0.4, -0.2) is 33.1 Å². The topological polar surface area (TPSA) is 27.7 Å². The third-order valence-corrected chi connectivity index (χ3v) is 5.77. The van der Waals surface area contributed by atoms with E-state index in [1.807, 2.05) is 32.0 Å². The van der Waals surface area contributed by atoms with Gasteiger partial charge < -0.3 is 13.3 Å². The summed E-state index contributed by atoms with van der Waals surface area (Å²) in [4.78, 5) is 0. The predicted molar refractivity (Wildman–Crippen MR) is 84.0 cm³/mol. The molecule has 0 spiro atoms. The summed E-state index contributed by atoms with van der Waals surface area (Å²) < 4.78 is 18.6. The van der Waals surface area contributed by atoms with Gasteiger partial charge in [-0.2, -0.15) is 0 Å². The molecule has 5 heteroatoms. The largest absolute Gasteiger partial charge is 0.505 e. The van der Waals surface area contributed by atoms with Crippen LogP contribution in [-0.2, 0) is 19.3 Å². The summed E-state index contributed by atoms with van der Waals surface area (Å²) in [5.41, 5.74) is 1.21. The fraction of sp³-hybridized carbons (Fsp3) is 0.538. The smallest absolute Gasteiger partial charge is 0.374 e. The van der Waals surface area contributed by atoms with Gasteiger partial charge in [0, 0.05) is 30.3 Å². The quantitative estimate of drug-likeness (QED) is 0.374. The second kappa shape index (κ2) is 9.03. The lowest BCUT2D eigenvalue weighted by Crippen LogP contribution is -2.49. The summed E-state index contributed by atoms with van der Waals surface area (Å²) in [5, 5.41) is 0. The predicted octanol–water partition coefficient (Wildman–Crippen LogP) is 3.23. The van der Waals surface area contributed by atoms with Crippen LogP contribution in [0.25, 0.3) is 0 Å². The van der Waals surface area contributed by atoms with E-state index in [4.69, 9.17) is 13.3 Å². The summed E-state index contributed by atoms with van der Waals surface area (Å²) in [6.07, 6.45) is 0. The van der Waals surface area contributed by atoms with E-state index in [2.05, 4.69) is 34.7 Å². The molecule has 0 radical (unpaired) electrons. The molecule has 0 aliphatic carbocycles. The first kappa shape index (κ1) is 16.1. The number of rotatable bonds is 9. The van der Waals surface area contributed by atoms with Gasteiger partial charge in [-0.05, 0) is 19.4 Å².